The molecule has 1 heterocycles. The maximum absolute atomic E-state index is 12.1. The molecule has 1 aromatic carbocycles. The van der Waals surface area contributed by atoms with Crippen LogP contribution in [0, 0.1) is 0 Å². The third-order valence-electron chi connectivity index (χ3n) is 3.41. The van der Waals surface area contributed by atoms with E-state index in [4.69, 9.17) is 23.7 Å². The third-order valence-corrected chi connectivity index (χ3v) is 3.41. The van der Waals surface area contributed by atoms with Crippen molar-refractivity contribution in [3.05, 3.63) is 23.8 Å². The molecule has 0 aromatic heterocycles. The quantitative estimate of drug-likeness (QED) is 0.739. The van der Waals surface area contributed by atoms with Crippen LogP contribution in [0.4, 0.5) is 0 Å². The largest absolute Gasteiger partial charge is 0.504 e. The highest BCUT2D eigenvalue weighted by Gasteiger charge is 2.47. The highest BCUT2D eigenvalue weighted by atomic mass is 16.8. The first-order valence-corrected chi connectivity index (χ1v) is 8.11. The van der Waals surface area contributed by atoms with Crippen LogP contribution in [-0.4, -0.2) is 49.1 Å². The molecule has 1 aromatic rings. The number of hydrogen-bond donors (Lipinski definition) is 1. The number of rotatable bonds is 7. The number of aromatic hydroxyl groups is 1. The van der Waals surface area contributed by atoms with E-state index in [0.29, 0.717) is 12.2 Å². The van der Waals surface area contributed by atoms with Gasteiger partial charge in [0.05, 0.1) is 19.8 Å². The fraction of sp³-hybridized carbons (Fsp3) is 0.529. The van der Waals surface area contributed by atoms with Gasteiger partial charge in [0.15, 0.2) is 30.0 Å². The Morgan fingerprint density at radius 3 is 2.04 bits per heavy atom. The van der Waals surface area contributed by atoms with Gasteiger partial charge in [0.2, 0.25) is 0 Å². The molecule has 2 unspecified atom stereocenters. The second-order valence-electron chi connectivity index (χ2n) is 5.11. The summed E-state index contributed by atoms with van der Waals surface area (Å²) in [7, 11) is 0. The predicted octanol–water partition coefficient (Wildman–Crippen LogP) is 1.70. The van der Waals surface area contributed by atoms with E-state index in [1.807, 2.05) is 0 Å². The summed E-state index contributed by atoms with van der Waals surface area (Å²) in [4.78, 5) is 24.1. The van der Waals surface area contributed by atoms with Gasteiger partial charge in [0, 0.05) is 5.56 Å². The van der Waals surface area contributed by atoms with E-state index in [0.717, 1.165) is 0 Å². The van der Waals surface area contributed by atoms with Crippen LogP contribution in [0.15, 0.2) is 18.2 Å². The number of carbonyl (C=O) groups excluding carboxylic acids is 2. The zero-order valence-corrected chi connectivity index (χ0v) is 14.4. The molecule has 0 amide bonds. The van der Waals surface area contributed by atoms with Crippen molar-refractivity contribution in [1.82, 2.24) is 0 Å². The Labute approximate surface area is 145 Å². The van der Waals surface area contributed by atoms with Gasteiger partial charge in [0.25, 0.3) is 0 Å². The Kier molecular flexibility index (Phi) is 6.60. The molecule has 1 aliphatic rings. The third kappa shape index (κ3) is 4.40. The summed E-state index contributed by atoms with van der Waals surface area (Å²) in [6, 6.07) is 4.50. The summed E-state index contributed by atoms with van der Waals surface area (Å²) in [6.07, 6.45) is -3.45. The van der Waals surface area contributed by atoms with Crippen LogP contribution in [-0.2, 0) is 28.5 Å². The maximum atomic E-state index is 12.1. The summed E-state index contributed by atoms with van der Waals surface area (Å²) < 4.78 is 26.3. The molecule has 8 nitrogen and oxygen atoms in total. The lowest BCUT2D eigenvalue weighted by Gasteiger charge is -2.13. The monoisotopic (exact) mass is 354 g/mol. The molecule has 1 aliphatic heterocycles. The van der Waals surface area contributed by atoms with Crippen LogP contribution in [0.25, 0.3) is 0 Å². The Hall–Kier alpha value is -2.32. The van der Waals surface area contributed by atoms with Gasteiger partial charge in [-0.1, -0.05) is 6.07 Å². The molecule has 0 bridgehead atoms. The molecular weight excluding hydrogens is 332 g/mol. The van der Waals surface area contributed by atoms with Gasteiger partial charge in [0.1, 0.15) is 0 Å². The second kappa shape index (κ2) is 8.68. The van der Waals surface area contributed by atoms with Crippen LogP contribution >= 0.6 is 0 Å². The SMILES string of the molecule is CCOC(=O)C1OC(c2ccc(O)c(OCC)c2)OC1C(=O)OCC. The molecule has 0 radical (unpaired) electrons. The van der Waals surface area contributed by atoms with Crippen molar-refractivity contribution in [2.24, 2.45) is 0 Å². The van der Waals surface area contributed by atoms with Crippen molar-refractivity contribution in [3.8, 4) is 11.5 Å². The van der Waals surface area contributed by atoms with Crippen molar-refractivity contribution in [3.63, 3.8) is 0 Å². The van der Waals surface area contributed by atoms with Crippen molar-refractivity contribution in [2.45, 2.75) is 39.3 Å². The van der Waals surface area contributed by atoms with Crippen molar-refractivity contribution in [2.75, 3.05) is 19.8 Å². The van der Waals surface area contributed by atoms with Gasteiger partial charge in [-0.15, -0.1) is 0 Å². The first-order valence-electron chi connectivity index (χ1n) is 8.11. The fourth-order valence-electron chi connectivity index (χ4n) is 2.35. The van der Waals surface area contributed by atoms with Gasteiger partial charge in [-0.25, -0.2) is 9.59 Å². The standard InChI is InChI=1S/C17H22O8/c1-4-21-12-9-10(7-8-11(12)18)17-24-13(15(19)22-5-2)14(25-17)16(20)23-6-3/h7-9,13-14,17-18H,4-6H2,1-3H3. The summed E-state index contributed by atoms with van der Waals surface area (Å²) in [5.41, 5.74) is 0.488. The molecule has 1 fully saturated rings. The smallest absolute Gasteiger partial charge is 0.338 e. The van der Waals surface area contributed by atoms with E-state index in [-0.39, 0.29) is 24.7 Å². The zero-order valence-electron chi connectivity index (χ0n) is 14.4. The first kappa shape index (κ1) is 19.0. The lowest BCUT2D eigenvalue weighted by atomic mass is 10.2. The van der Waals surface area contributed by atoms with Crippen LogP contribution in [0.3, 0.4) is 0 Å². The molecule has 0 aliphatic carbocycles. The summed E-state index contributed by atoms with van der Waals surface area (Å²) in [5.74, 6) is -1.19. The van der Waals surface area contributed by atoms with Gasteiger partial charge < -0.3 is 28.8 Å². The minimum Gasteiger partial charge on any atom is -0.504 e. The summed E-state index contributed by atoms with van der Waals surface area (Å²) in [5, 5.41) is 9.77. The van der Waals surface area contributed by atoms with E-state index < -0.39 is 30.4 Å². The second-order valence-corrected chi connectivity index (χ2v) is 5.11. The van der Waals surface area contributed by atoms with Crippen molar-refractivity contribution < 1.29 is 38.4 Å². The average molecular weight is 354 g/mol. The maximum Gasteiger partial charge on any atom is 0.338 e. The van der Waals surface area contributed by atoms with Gasteiger partial charge in [-0.05, 0) is 32.9 Å². The zero-order chi connectivity index (χ0) is 18.4. The van der Waals surface area contributed by atoms with Gasteiger partial charge in [-0.3, -0.25) is 0 Å². The van der Waals surface area contributed by atoms with Crippen LogP contribution in [0.1, 0.15) is 32.6 Å². The Morgan fingerprint density at radius 2 is 1.56 bits per heavy atom. The average Bonchev–Trinajstić information content (AvgIpc) is 3.03. The molecule has 2 atom stereocenters. The van der Waals surface area contributed by atoms with Crippen LogP contribution in [0.5, 0.6) is 11.5 Å². The van der Waals surface area contributed by atoms with E-state index >= 15 is 0 Å². The van der Waals surface area contributed by atoms with Crippen molar-refractivity contribution >= 4 is 11.9 Å². The fourth-order valence-corrected chi connectivity index (χ4v) is 2.35. The summed E-state index contributed by atoms with van der Waals surface area (Å²) in [6.45, 7) is 5.74. The minimum absolute atomic E-state index is 0.0347. The topological polar surface area (TPSA) is 101 Å². The van der Waals surface area contributed by atoms with E-state index in [1.54, 1.807) is 26.8 Å². The molecular formula is C17H22O8. The Balaban J connectivity index is 2.24. The van der Waals surface area contributed by atoms with Gasteiger partial charge in [-0.2, -0.15) is 0 Å². The lowest BCUT2D eigenvalue weighted by Crippen LogP contribution is -2.39. The number of ether oxygens (including phenoxy) is 5. The van der Waals surface area contributed by atoms with E-state index in [1.165, 1.54) is 12.1 Å². The minimum atomic E-state index is -1.23. The van der Waals surface area contributed by atoms with Crippen LogP contribution in [0.2, 0.25) is 0 Å². The Bertz CT molecular complexity index is 589. The molecule has 0 saturated carbocycles. The number of phenols is 1. The highest BCUT2D eigenvalue weighted by molar-refractivity contribution is 5.86. The number of benzene rings is 1. The first-order chi connectivity index (χ1) is 12.0. The molecule has 1 N–H and O–H groups in total. The van der Waals surface area contributed by atoms with E-state index in [9.17, 15) is 14.7 Å². The van der Waals surface area contributed by atoms with E-state index in [2.05, 4.69) is 0 Å². The predicted molar refractivity (Wildman–Crippen MR) is 85.0 cm³/mol. The molecule has 25 heavy (non-hydrogen) atoms. The number of esters is 2. The van der Waals surface area contributed by atoms with Crippen molar-refractivity contribution in [1.29, 1.82) is 0 Å². The highest BCUT2D eigenvalue weighted by Crippen LogP contribution is 2.36. The van der Waals surface area contributed by atoms with Gasteiger partial charge >= 0.3 is 11.9 Å². The number of carbonyl (C=O) groups is 2. The molecule has 1 saturated heterocycles. The normalized spacial score (nSPS) is 22.4. The Morgan fingerprint density at radius 1 is 1.00 bits per heavy atom. The molecule has 8 heteroatoms. The summed E-state index contributed by atoms with van der Waals surface area (Å²) >= 11 is 0. The number of hydrogen-bond acceptors (Lipinski definition) is 8. The molecule has 2 rings (SSSR count). The lowest BCUT2D eigenvalue weighted by molar-refractivity contribution is -0.163. The van der Waals surface area contributed by atoms with Crippen LogP contribution < -0.4 is 4.74 Å². The molecule has 0 spiro atoms. The molecule has 138 valence electrons. The number of phenolic OH excluding ortho intramolecular Hbond substituents is 1.